The molecule has 0 saturated carbocycles. The van der Waals surface area contributed by atoms with Crippen molar-refractivity contribution < 1.29 is 13.9 Å². The number of carbonyl (C=O) groups excluding carboxylic acids is 1. The summed E-state index contributed by atoms with van der Waals surface area (Å²) in [6.07, 6.45) is 1.42. The summed E-state index contributed by atoms with van der Waals surface area (Å²) in [5.74, 6) is -0.908. The van der Waals surface area contributed by atoms with E-state index in [9.17, 15) is 4.79 Å². The highest BCUT2D eigenvalue weighted by atomic mass is 19.1. The normalized spacial score (nSPS) is 11.4. The van der Waals surface area contributed by atoms with Gasteiger partial charge in [0.05, 0.1) is 40.6 Å². The quantitative estimate of drug-likeness (QED) is 0.568. The van der Waals surface area contributed by atoms with Gasteiger partial charge in [-0.05, 0) is 25.1 Å². The van der Waals surface area contributed by atoms with Gasteiger partial charge < -0.3 is 9.72 Å². The average Bonchev–Trinajstić information content (AvgIpc) is 3.15. The summed E-state index contributed by atoms with van der Waals surface area (Å²) in [5, 5.41) is 8.53. The van der Waals surface area contributed by atoms with Crippen molar-refractivity contribution in [1.29, 1.82) is 0 Å². The SMILES string of the molecule is COC(=O)c1cnc2c(c1)[nH]c1c(F)c(-c3c(C)nnn3C)ccc12. The molecule has 0 amide bonds. The molecule has 0 unspecified atom stereocenters. The number of H-pyrrole nitrogens is 1. The standard InChI is InChI=1S/C17H14FN5O2/c1-8-16(23(2)22-21-8)10-4-5-11-14-12(20-15(11)13(10)18)6-9(7-19-14)17(24)25-3/h4-7,20H,1-3H3. The first-order valence-electron chi connectivity index (χ1n) is 7.56. The molecule has 126 valence electrons. The summed E-state index contributed by atoms with van der Waals surface area (Å²) in [4.78, 5) is 18.9. The molecule has 0 spiro atoms. The number of pyridine rings is 1. The van der Waals surface area contributed by atoms with Crippen LogP contribution in [0.3, 0.4) is 0 Å². The lowest BCUT2D eigenvalue weighted by atomic mass is 10.1. The lowest BCUT2D eigenvalue weighted by molar-refractivity contribution is 0.0600. The monoisotopic (exact) mass is 339 g/mol. The molecule has 0 saturated heterocycles. The molecule has 8 heteroatoms. The topological polar surface area (TPSA) is 85.7 Å². The van der Waals surface area contributed by atoms with Gasteiger partial charge in [-0.2, -0.15) is 0 Å². The van der Waals surface area contributed by atoms with Crippen LogP contribution in [-0.4, -0.2) is 38.0 Å². The van der Waals surface area contributed by atoms with Crippen molar-refractivity contribution in [2.45, 2.75) is 6.92 Å². The number of methoxy groups -OCH3 is 1. The molecule has 0 atom stereocenters. The Morgan fingerprint density at radius 3 is 2.84 bits per heavy atom. The van der Waals surface area contributed by atoms with Crippen LogP contribution in [0.15, 0.2) is 24.4 Å². The number of benzene rings is 1. The van der Waals surface area contributed by atoms with Crippen LogP contribution in [0.1, 0.15) is 16.1 Å². The molecule has 3 aromatic heterocycles. The molecule has 0 aliphatic rings. The summed E-state index contributed by atoms with van der Waals surface area (Å²) < 4.78 is 21.4. The fraction of sp³-hybridized carbons (Fsp3) is 0.176. The number of esters is 1. The Balaban J connectivity index is 1.98. The summed E-state index contributed by atoms with van der Waals surface area (Å²) in [7, 11) is 3.02. The van der Waals surface area contributed by atoms with Crippen LogP contribution in [-0.2, 0) is 11.8 Å². The predicted octanol–water partition coefficient (Wildman–Crippen LogP) is 2.75. The Bertz CT molecular complexity index is 1130. The summed E-state index contributed by atoms with van der Waals surface area (Å²) in [6, 6.07) is 5.08. The minimum Gasteiger partial charge on any atom is -0.465 e. The van der Waals surface area contributed by atoms with Crippen LogP contribution in [0.4, 0.5) is 4.39 Å². The van der Waals surface area contributed by atoms with Gasteiger partial charge >= 0.3 is 5.97 Å². The van der Waals surface area contributed by atoms with E-state index in [1.165, 1.54) is 18.0 Å². The number of aryl methyl sites for hydroxylation is 2. The molecule has 25 heavy (non-hydrogen) atoms. The smallest absolute Gasteiger partial charge is 0.339 e. The van der Waals surface area contributed by atoms with E-state index in [0.29, 0.717) is 44.5 Å². The third kappa shape index (κ3) is 2.18. The van der Waals surface area contributed by atoms with Gasteiger partial charge in [-0.3, -0.25) is 4.98 Å². The number of nitrogens with one attached hydrogen (secondary N) is 1. The van der Waals surface area contributed by atoms with Crippen molar-refractivity contribution in [3.8, 4) is 11.3 Å². The maximum absolute atomic E-state index is 15.1. The molecule has 4 rings (SSSR count). The molecular weight excluding hydrogens is 325 g/mol. The summed E-state index contributed by atoms with van der Waals surface area (Å²) in [5.41, 5.74) is 3.43. The Morgan fingerprint density at radius 2 is 2.16 bits per heavy atom. The Labute approximate surface area is 141 Å². The lowest BCUT2D eigenvalue weighted by Crippen LogP contribution is -2.01. The van der Waals surface area contributed by atoms with Crippen molar-refractivity contribution in [3.05, 3.63) is 41.5 Å². The third-order valence-electron chi connectivity index (χ3n) is 4.22. The van der Waals surface area contributed by atoms with E-state index in [0.717, 1.165) is 0 Å². The molecule has 0 bridgehead atoms. The number of nitrogens with zero attached hydrogens (tertiary/aromatic N) is 4. The molecular formula is C17H14FN5O2. The largest absolute Gasteiger partial charge is 0.465 e. The van der Waals surface area contributed by atoms with Crippen LogP contribution in [0.25, 0.3) is 33.2 Å². The zero-order valence-electron chi connectivity index (χ0n) is 13.8. The Morgan fingerprint density at radius 1 is 1.36 bits per heavy atom. The second-order valence-corrected chi connectivity index (χ2v) is 5.73. The molecule has 1 aromatic carbocycles. The maximum atomic E-state index is 15.1. The number of fused-ring (bicyclic) bond motifs is 3. The minimum atomic E-state index is -0.495. The van der Waals surface area contributed by atoms with E-state index in [-0.39, 0.29) is 0 Å². The maximum Gasteiger partial charge on any atom is 0.339 e. The zero-order valence-corrected chi connectivity index (χ0v) is 13.8. The molecule has 0 radical (unpaired) electrons. The van der Waals surface area contributed by atoms with E-state index >= 15 is 4.39 Å². The van der Waals surface area contributed by atoms with E-state index < -0.39 is 11.8 Å². The van der Waals surface area contributed by atoms with Gasteiger partial charge in [0.1, 0.15) is 0 Å². The van der Waals surface area contributed by atoms with Gasteiger partial charge in [0.2, 0.25) is 0 Å². The van der Waals surface area contributed by atoms with Crippen LogP contribution in [0.2, 0.25) is 0 Å². The summed E-state index contributed by atoms with van der Waals surface area (Å²) >= 11 is 0. The number of halogens is 1. The first kappa shape index (κ1) is 15.3. The van der Waals surface area contributed by atoms with Gasteiger partial charge in [-0.1, -0.05) is 5.21 Å². The van der Waals surface area contributed by atoms with Gasteiger partial charge in [0.25, 0.3) is 0 Å². The highest BCUT2D eigenvalue weighted by Crippen LogP contribution is 2.33. The average molecular weight is 339 g/mol. The molecule has 0 aliphatic carbocycles. The van der Waals surface area contributed by atoms with Crippen molar-refractivity contribution in [3.63, 3.8) is 0 Å². The number of hydrogen-bond acceptors (Lipinski definition) is 5. The van der Waals surface area contributed by atoms with E-state index in [2.05, 4.69) is 20.3 Å². The summed E-state index contributed by atoms with van der Waals surface area (Å²) in [6.45, 7) is 1.78. The molecule has 4 aromatic rings. The number of aromatic nitrogens is 5. The highest BCUT2D eigenvalue weighted by molar-refractivity contribution is 6.07. The number of carbonyl (C=O) groups is 1. The highest BCUT2D eigenvalue weighted by Gasteiger charge is 2.19. The van der Waals surface area contributed by atoms with Crippen LogP contribution in [0, 0.1) is 12.7 Å². The van der Waals surface area contributed by atoms with Crippen molar-refractivity contribution in [2.24, 2.45) is 7.05 Å². The lowest BCUT2D eigenvalue weighted by Gasteiger charge is -2.05. The predicted molar refractivity (Wildman–Crippen MR) is 89.6 cm³/mol. The molecule has 3 heterocycles. The second-order valence-electron chi connectivity index (χ2n) is 5.73. The Kier molecular flexibility index (Phi) is 3.28. The zero-order chi connectivity index (χ0) is 17.7. The third-order valence-corrected chi connectivity index (χ3v) is 4.22. The fourth-order valence-electron chi connectivity index (χ4n) is 3.05. The number of aromatic amines is 1. The van der Waals surface area contributed by atoms with Crippen molar-refractivity contribution >= 4 is 27.9 Å². The van der Waals surface area contributed by atoms with E-state index in [1.54, 1.807) is 32.2 Å². The number of hydrogen-bond donors (Lipinski definition) is 1. The second kappa shape index (κ2) is 5.37. The van der Waals surface area contributed by atoms with Gasteiger partial charge in [0, 0.05) is 24.2 Å². The molecule has 0 fully saturated rings. The first-order chi connectivity index (χ1) is 12.0. The van der Waals surface area contributed by atoms with Gasteiger partial charge in [-0.25, -0.2) is 13.9 Å². The number of rotatable bonds is 2. The fourth-order valence-corrected chi connectivity index (χ4v) is 3.05. The Hall–Kier alpha value is -3.29. The van der Waals surface area contributed by atoms with E-state index in [1.807, 2.05) is 0 Å². The number of ether oxygens (including phenoxy) is 1. The molecule has 7 nitrogen and oxygen atoms in total. The van der Waals surface area contributed by atoms with Gasteiger partial charge in [0.15, 0.2) is 5.82 Å². The van der Waals surface area contributed by atoms with E-state index in [4.69, 9.17) is 4.74 Å². The van der Waals surface area contributed by atoms with Crippen LogP contribution >= 0.6 is 0 Å². The molecule has 1 N–H and O–H groups in total. The molecule has 0 aliphatic heterocycles. The van der Waals surface area contributed by atoms with Crippen LogP contribution < -0.4 is 0 Å². The van der Waals surface area contributed by atoms with Gasteiger partial charge in [-0.15, -0.1) is 5.10 Å². The van der Waals surface area contributed by atoms with Crippen molar-refractivity contribution in [1.82, 2.24) is 25.0 Å². The minimum absolute atomic E-state index is 0.300. The van der Waals surface area contributed by atoms with Crippen molar-refractivity contribution in [2.75, 3.05) is 7.11 Å². The first-order valence-corrected chi connectivity index (χ1v) is 7.56. The van der Waals surface area contributed by atoms with Crippen LogP contribution in [0.5, 0.6) is 0 Å².